The normalized spacial score (nSPS) is 25.8. The largest absolute Gasteiger partial charge is 0.396 e. The Hall–Kier alpha value is -1.00. The Kier molecular flexibility index (Phi) is 2.98. The van der Waals surface area contributed by atoms with Crippen LogP contribution in [0.5, 0.6) is 0 Å². The Labute approximate surface area is 86.5 Å². The van der Waals surface area contributed by atoms with Crippen molar-refractivity contribution < 1.29 is 18.6 Å². The molecule has 1 aliphatic rings. The van der Waals surface area contributed by atoms with Gasteiger partial charge < -0.3 is 9.84 Å². The Morgan fingerprint density at radius 1 is 1.40 bits per heavy atom. The maximum Gasteiger partial charge on any atom is 0.129 e. The van der Waals surface area contributed by atoms with E-state index >= 15 is 0 Å². The average molecular weight is 214 g/mol. The van der Waals surface area contributed by atoms with Crippen molar-refractivity contribution in [2.75, 3.05) is 13.2 Å². The highest BCUT2D eigenvalue weighted by molar-refractivity contribution is 5.22. The highest BCUT2D eigenvalue weighted by Gasteiger charge is 2.31. The molecular formula is C11H12F2O2. The molecule has 1 fully saturated rings. The monoisotopic (exact) mass is 214 g/mol. The molecule has 1 heterocycles. The molecule has 0 aromatic heterocycles. The van der Waals surface area contributed by atoms with Gasteiger partial charge in [-0.1, -0.05) is 0 Å². The van der Waals surface area contributed by atoms with E-state index in [1.165, 1.54) is 0 Å². The van der Waals surface area contributed by atoms with Crippen molar-refractivity contribution in [2.45, 2.75) is 12.5 Å². The number of benzene rings is 1. The molecule has 0 spiro atoms. The van der Waals surface area contributed by atoms with Crippen molar-refractivity contribution in [3.63, 3.8) is 0 Å². The van der Waals surface area contributed by atoms with Gasteiger partial charge in [0.15, 0.2) is 0 Å². The van der Waals surface area contributed by atoms with E-state index in [1.807, 2.05) is 0 Å². The molecule has 4 heteroatoms. The lowest BCUT2D eigenvalue weighted by molar-refractivity contribution is 0.0691. The molecule has 2 atom stereocenters. The molecule has 1 N–H and O–H groups in total. The summed E-state index contributed by atoms with van der Waals surface area (Å²) in [6.07, 6.45) is 0.155. The topological polar surface area (TPSA) is 29.5 Å². The van der Waals surface area contributed by atoms with E-state index in [0.29, 0.717) is 13.0 Å². The SMILES string of the molecule is OCC1CCOC1c1cc(F)ccc1F. The minimum atomic E-state index is -0.523. The predicted octanol–water partition coefficient (Wildman–Crippen LogP) is 2.03. The fourth-order valence-electron chi connectivity index (χ4n) is 1.90. The summed E-state index contributed by atoms with van der Waals surface area (Å²) in [5.74, 6) is -1.11. The number of aliphatic hydroxyl groups is 1. The summed E-state index contributed by atoms with van der Waals surface area (Å²) in [6.45, 7) is 0.409. The predicted molar refractivity (Wildman–Crippen MR) is 50.2 cm³/mol. The quantitative estimate of drug-likeness (QED) is 0.816. The molecule has 0 saturated carbocycles. The molecule has 0 aliphatic carbocycles. The molecule has 82 valence electrons. The molecule has 15 heavy (non-hydrogen) atoms. The summed E-state index contributed by atoms with van der Waals surface area (Å²) in [4.78, 5) is 0. The number of rotatable bonds is 2. The molecule has 1 saturated heterocycles. The third-order valence-corrected chi connectivity index (χ3v) is 2.71. The van der Waals surface area contributed by atoms with Crippen molar-refractivity contribution in [1.82, 2.24) is 0 Å². The number of hydrogen-bond acceptors (Lipinski definition) is 2. The molecule has 0 amide bonds. The lowest BCUT2D eigenvalue weighted by atomic mass is 9.96. The summed E-state index contributed by atoms with van der Waals surface area (Å²) < 4.78 is 31.7. The fourth-order valence-corrected chi connectivity index (χ4v) is 1.90. The highest BCUT2D eigenvalue weighted by atomic mass is 19.1. The summed E-state index contributed by atoms with van der Waals surface area (Å²) in [5.41, 5.74) is 0.201. The molecule has 1 aromatic rings. The van der Waals surface area contributed by atoms with Crippen LogP contribution in [0, 0.1) is 17.6 Å². The summed E-state index contributed by atoms with van der Waals surface area (Å²) in [7, 11) is 0. The minimum absolute atomic E-state index is 0.0688. The molecule has 0 bridgehead atoms. The van der Waals surface area contributed by atoms with Crippen LogP contribution >= 0.6 is 0 Å². The van der Waals surface area contributed by atoms with E-state index in [9.17, 15) is 8.78 Å². The number of ether oxygens (including phenoxy) is 1. The van der Waals surface area contributed by atoms with Crippen molar-refractivity contribution in [3.8, 4) is 0 Å². The average Bonchev–Trinajstić information content (AvgIpc) is 2.69. The van der Waals surface area contributed by atoms with Gasteiger partial charge >= 0.3 is 0 Å². The second-order valence-electron chi connectivity index (χ2n) is 3.69. The first kappa shape index (κ1) is 10.5. The van der Waals surface area contributed by atoms with E-state index in [2.05, 4.69) is 0 Å². The Bertz CT molecular complexity index is 354. The molecule has 2 rings (SSSR count). The zero-order valence-electron chi connectivity index (χ0n) is 8.12. The lowest BCUT2D eigenvalue weighted by Crippen LogP contribution is -2.13. The fraction of sp³-hybridized carbons (Fsp3) is 0.455. The van der Waals surface area contributed by atoms with Gasteiger partial charge in [-0.2, -0.15) is 0 Å². The van der Waals surface area contributed by atoms with E-state index in [4.69, 9.17) is 9.84 Å². The van der Waals surface area contributed by atoms with Crippen molar-refractivity contribution in [1.29, 1.82) is 0 Å². The van der Waals surface area contributed by atoms with E-state index in [1.54, 1.807) is 0 Å². The van der Waals surface area contributed by atoms with Gasteiger partial charge in [-0.25, -0.2) is 8.78 Å². The van der Waals surface area contributed by atoms with Crippen LogP contribution < -0.4 is 0 Å². The molecule has 2 unspecified atom stereocenters. The van der Waals surface area contributed by atoms with Gasteiger partial charge in [0.2, 0.25) is 0 Å². The number of aliphatic hydroxyl groups excluding tert-OH is 1. The van der Waals surface area contributed by atoms with Crippen LogP contribution in [0.4, 0.5) is 8.78 Å². The summed E-state index contributed by atoms with van der Waals surface area (Å²) in [6, 6.07) is 3.29. The van der Waals surface area contributed by atoms with E-state index in [0.717, 1.165) is 18.2 Å². The van der Waals surface area contributed by atoms with Gasteiger partial charge in [0, 0.05) is 24.7 Å². The first-order valence-electron chi connectivity index (χ1n) is 4.90. The van der Waals surface area contributed by atoms with Crippen molar-refractivity contribution >= 4 is 0 Å². The highest BCUT2D eigenvalue weighted by Crippen LogP contribution is 2.35. The van der Waals surface area contributed by atoms with Crippen LogP contribution in [-0.4, -0.2) is 18.3 Å². The van der Waals surface area contributed by atoms with Crippen LogP contribution in [-0.2, 0) is 4.74 Å². The van der Waals surface area contributed by atoms with E-state index in [-0.39, 0.29) is 18.1 Å². The maximum atomic E-state index is 13.4. The third-order valence-electron chi connectivity index (χ3n) is 2.71. The van der Waals surface area contributed by atoms with Crippen molar-refractivity contribution in [2.24, 2.45) is 5.92 Å². The smallest absolute Gasteiger partial charge is 0.129 e. The number of hydrogen-bond donors (Lipinski definition) is 1. The maximum absolute atomic E-state index is 13.4. The summed E-state index contributed by atoms with van der Waals surface area (Å²) >= 11 is 0. The second kappa shape index (κ2) is 4.24. The number of halogens is 2. The Morgan fingerprint density at radius 2 is 2.20 bits per heavy atom. The lowest BCUT2D eigenvalue weighted by Gasteiger charge is -2.17. The van der Waals surface area contributed by atoms with Crippen LogP contribution in [0.3, 0.4) is 0 Å². The van der Waals surface area contributed by atoms with Gasteiger partial charge in [-0.15, -0.1) is 0 Å². The summed E-state index contributed by atoms with van der Waals surface area (Å²) in [5, 5.41) is 9.06. The Morgan fingerprint density at radius 3 is 2.93 bits per heavy atom. The molecule has 0 radical (unpaired) electrons. The van der Waals surface area contributed by atoms with Gasteiger partial charge in [-0.05, 0) is 24.6 Å². The zero-order valence-corrected chi connectivity index (χ0v) is 8.12. The second-order valence-corrected chi connectivity index (χ2v) is 3.69. The molecule has 1 aliphatic heterocycles. The van der Waals surface area contributed by atoms with Crippen molar-refractivity contribution in [3.05, 3.63) is 35.4 Å². The van der Waals surface area contributed by atoms with Crippen LogP contribution in [0.2, 0.25) is 0 Å². The first-order valence-corrected chi connectivity index (χ1v) is 4.90. The third kappa shape index (κ3) is 2.01. The van der Waals surface area contributed by atoms with Crippen LogP contribution in [0.25, 0.3) is 0 Å². The van der Waals surface area contributed by atoms with Gasteiger partial charge in [0.05, 0.1) is 6.10 Å². The molecule has 1 aromatic carbocycles. The first-order chi connectivity index (χ1) is 7.22. The van der Waals surface area contributed by atoms with Gasteiger partial charge in [0.1, 0.15) is 11.6 Å². The van der Waals surface area contributed by atoms with Crippen LogP contribution in [0.15, 0.2) is 18.2 Å². The molecule has 2 nitrogen and oxygen atoms in total. The van der Waals surface area contributed by atoms with Gasteiger partial charge in [-0.3, -0.25) is 0 Å². The molecular weight excluding hydrogens is 202 g/mol. The standard InChI is InChI=1S/C11H12F2O2/c12-8-1-2-10(13)9(5-8)11-7(6-14)3-4-15-11/h1-2,5,7,11,14H,3-4,6H2. The van der Waals surface area contributed by atoms with E-state index < -0.39 is 17.7 Å². The Balaban J connectivity index is 2.31. The van der Waals surface area contributed by atoms with Gasteiger partial charge in [0.25, 0.3) is 0 Å². The minimum Gasteiger partial charge on any atom is -0.396 e. The van der Waals surface area contributed by atoms with Crippen LogP contribution in [0.1, 0.15) is 18.1 Å². The zero-order chi connectivity index (χ0) is 10.8.